The van der Waals surface area contributed by atoms with Crippen molar-refractivity contribution >= 4 is 12.0 Å². The summed E-state index contributed by atoms with van der Waals surface area (Å²) in [4.78, 5) is 20.0. The highest BCUT2D eigenvalue weighted by Gasteiger charge is 2.29. The Morgan fingerprint density at radius 3 is 2.33 bits per heavy atom. The molecular weight excluding hydrogens is 406 g/mol. The van der Waals surface area contributed by atoms with Crippen LogP contribution in [0.15, 0.2) is 90.6 Å². The van der Waals surface area contributed by atoms with Crippen LogP contribution >= 0.6 is 0 Å². The number of pyridine rings is 1. The maximum absolute atomic E-state index is 12.9. The molecule has 1 saturated heterocycles. The minimum absolute atomic E-state index is 0.0504. The van der Waals surface area contributed by atoms with Crippen molar-refractivity contribution < 1.29 is 4.79 Å². The molecular formula is C29H33N3O. The van der Waals surface area contributed by atoms with Crippen LogP contribution in [0.1, 0.15) is 42.6 Å². The second-order valence-corrected chi connectivity index (χ2v) is 8.98. The molecule has 3 aromatic rings. The molecule has 0 spiro atoms. The van der Waals surface area contributed by atoms with Gasteiger partial charge in [-0.25, -0.2) is 0 Å². The topological polar surface area (TPSA) is 45.2 Å². The first-order valence-corrected chi connectivity index (χ1v) is 11.9. The molecule has 4 nitrogen and oxygen atoms in total. The molecule has 1 aliphatic rings. The number of carbonyl (C=O) groups excluding carboxylic acids is 1. The number of piperidine rings is 1. The largest absolute Gasteiger partial charge is 0.347 e. The average molecular weight is 440 g/mol. The van der Waals surface area contributed by atoms with Crippen LogP contribution < -0.4 is 5.32 Å². The number of rotatable bonds is 8. The van der Waals surface area contributed by atoms with Gasteiger partial charge in [0.25, 0.3) is 0 Å². The number of benzene rings is 2. The van der Waals surface area contributed by atoms with Gasteiger partial charge in [0.15, 0.2) is 0 Å². The molecule has 0 unspecified atom stereocenters. The van der Waals surface area contributed by atoms with Crippen LogP contribution in [0, 0.1) is 5.92 Å². The van der Waals surface area contributed by atoms with E-state index in [-0.39, 0.29) is 11.9 Å². The lowest BCUT2D eigenvalue weighted by Crippen LogP contribution is -2.41. The Labute approximate surface area is 197 Å². The van der Waals surface area contributed by atoms with Gasteiger partial charge in [-0.2, -0.15) is 0 Å². The van der Waals surface area contributed by atoms with Gasteiger partial charge in [-0.1, -0.05) is 78.4 Å². The van der Waals surface area contributed by atoms with Crippen molar-refractivity contribution in [3.8, 4) is 0 Å². The zero-order valence-electron chi connectivity index (χ0n) is 19.4. The number of hydrogen-bond acceptors (Lipinski definition) is 3. The maximum Gasteiger partial charge on any atom is 0.224 e. The van der Waals surface area contributed by atoms with Gasteiger partial charge in [-0.3, -0.25) is 14.7 Å². The van der Waals surface area contributed by atoms with Crippen molar-refractivity contribution in [3.63, 3.8) is 0 Å². The number of aromatic nitrogens is 1. The first-order valence-electron chi connectivity index (χ1n) is 11.9. The Morgan fingerprint density at radius 2 is 1.67 bits per heavy atom. The Balaban J connectivity index is 1.37. The first-order chi connectivity index (χ1) is 16.2. The molecule has 1 atom stereocenters. The quantitative estimate of drug-likeness (QED) is 0.518. The van der Waals surface area contributed by atoms with Crippen LogP contribution in [0.25, 0.3) is 6.08 Å². The number of amides is 1. The van der Waals surface area contributed by atoms with Gasteiger partial charge in [0.2, 0.25) is 5.91 Å². The third-order valence-electron chi connectivity index (χ3n) is 6.32. The van der Waals surface area contributed by atoms with Crippen molar-refractivity contribution in [2.45, 2.75) is 32.2 Å². The highest BCUT2D eigenvalue weighted by molar-refractivity contribution is 5.79. The molecule has 2 aromatic carbocycles. The summed E-state index contributed by atoms with van der Waals surface area (Å²) in [5.41, 5.74) is 4.61. The van der Waals surface area contributed by atoms with Crippen molar-refractivity contribution in [2.24, 2.45) is 5.92 Å². The predicted molar refractivity (Wildman–Crippen MR) is 135 cm³/mol. The molecule has 4 heteroatoms. The summed E-state index contributed by atoms with van der Waals surface area (Å²) in [6.07, 6.45) is 6.58. The number of likely N-dealkylation sites (tertiary alicyclic amines) is 1. The lowest BCUT2D eigenvalue weighted by molar-refractivity contribution is -0.121. The zero-order chi connectivity index (χ0) is 22.9. The normalized spacial score (nSPS) is 16.3. The fourth-order valence-corrected chi connectivity index (χ4v) is 4.68. The van der Waals surface area contributed by atoms with Gasteiger partial charge >= 0.3 is 0 Å². The van der Waals surface area contributed by atoms with E-state index in [9.17, 15) is 4.79 Å². The smallest absolute Gasteiger partial charge is 0.224 e. The van der Waals surface area contributed by atoms with Gasteiger partial charge in [0.1, 0.15) is 0 Å². The molecule has 2 heterocycles. The fourth-order valence-electron chi connectivity index (χ4n) is 4.68. The maximum atomic E-state index is 12.9. The molecule has 0 aliphatic carbocycles. The van der Waals surface area contributed by atoms with E-state index < -0.39 is 0 Å². The van der Waals surface area contributed by atoms with Crippen LogP contribution in [0.5, 0.6) is 0 Å². The molecule has 1 N–H and O–H groups in total. The summed E-state index contributed by atoms with van der Waals surface area (Å²) < 4.78 is 0. The second-order valence-electron chi connectivity index (χ2n) is 8.98. The minimum Gasteiger partial charge on any atom is -0.347 e. The molecule has 0 radical (unpaired) electrons. The number of nitrogens with zero attached hydrogens (tertiary/aromatic N) is 2. The molecule has 170 valence electrons. The first kappa shape index (κ1) is 22.9. The molecule has 1 aliphatic heterocycles. The summed E-state index contributed by atoms with van der Waals surface area (Å²) >= 11 is 0. The van der Waals surface area contributed by atoms with Crippen molar-refractivity contribution in [1.82, 2.24) is 15.2 Å². The van der Waals surface area contributed by atoms with E-state index in [0.717, 1.165) is 43.7 Å². The monoisotopic (exact) mass is 439 g/mol. The van der Waals surface area contributed by atoms with Gasteiger partial charge in [-0.15, -0.1) is 0 Å². The van der Waals surface area contributed by atoms with E-state index >= 15 is 0 Å². The van der Waals surface area contributed by atoms with Gasteiger partial charge in [0, 0.05) is 12.7 Å². The molecule has 0 saturated carbocycles. The van der Waals surface area contributed by atoms with Crippen LogP contribution in [0.4, 0.5) is 0 Å². The van der Waals surface area contributed by atoms with Crippen molar-refractivity contribution in [1.29, 1.82) is 0 Å². The average Bonchev–Trinajstić information content (AvgIpc) is 2.85. The Hall–Kier alpha value is -3.24. The number of nitrogens with one attached hydrogen (secondary N) is 1. The molecule has 33 heavy (non-hydrogen) atoms. The Morgan fingerprint density at radius 1 is 1.00 bits per heavy atom. The SMILES string of the molecule is C/C(=C\c1ccccc1)CN1CCC([C@H](NC(=O)Cc2ccccc2)c2ccccn2)CC1. The van der Waals surface area contributed by atoms with E-state index in [1.54, 1.807) is 0 Å². The lowest BCUT2D eigenvalue weighted by atomic mass is 9.87. The Kier molecular flexibility index (Phi) is 8.04. The molecule has 0 bridgehead atoms. The highest BCUT2D eigenvalue weighted by atomic mass is 16.1. The molecule has 1 amide bonds. The van der Waals surface area contributed by atoms with E-state index in [1.807, 2.05) is 60.8 Å². The highest BCUT2D eigenvalue weighted by Crippen LogP contribution is 2.30. The second kappa shape index (κ2) is 11.6. The predicted octanol–water partition coefficient (Wildman–Crippen LogP) is 5.30. The lowest BCUT2D eigenvalue weighted by Gasteiger charge is -2.36. The van der Waals surface area contributed by atoms with Crippen LogP contribution in [0.2, 0.25) is 0 Å². The fraction of sp³-hybridized carbons (Fsp3) is 0.310. The molecule has 1 fully saturated rings. The van der Waals surface area contributed by atoms with Gasteiger partial charge < -0.3 is 5.32 Å². The molecule has 1 aromatic heterocycles. The summed E-state index contributed by atoms with van der Waals surface area (Å²) in [6, 6.07) is 26.3. The summed E-state index contributed by atoms with van der Waals surface area (Å²) in [5, 5.41) is 3.31. The van der Waals surface area contributed by atoms with E-state index in [2.05, 4.69) is 52.5 Å². The summed E-state index contributed by atoms with van der Waals surface area (Å²) in [5.74, 6) is 0.440. The number of carbonyl (C=O) groups is 1. The Bertz CT molecular complexity index is 1030. The van der Waals surface area contributed by atoms with E-state index in [1.165, 1.54) is 11.1 Å². The van der Waals surface area contributed by atoms with Crippen LogP contribution in [-0.4, -0.2) is 35.4 Å². The summed E-state index contributed by atoms with van der Waals surface area (Å²) in [7, 11) is 0. The minimum atomic E-state index is -0.0504. The molecule has 4 rings (SSSR count). The number of hydrogen-bond donors (Lipinski definition) is 1. The standard InChI is InChI=1S/C29H33N3O/c1-23(20-24-10-4-2-5-11-24)22-32-18-15-26(16-19-32)29(27-14-8-9-17-30-27)31-28(33)21-25-12-6-3-7-13-25/h2-14,17,20,26,29H,15-16,18-19,21-22H2,1H3,(H,31,33)/b23-20+/t29-/m0/s1. The third kappa shape index (κ3) is 6.87. The van der Waals surface area contributed by atoms with E-state index in [0.29, 0.717) is 12.3 Å². The van der Waals surface area contributed by atoms with Gasteiger partial charge in [0.05, 0.1) is 18.2 Å². The van der Waals surface area contributed by atoms with Crippen LogP contribution in [-0.2, 0) is 11.2 Å². The third-order valence-corrected chi connectivity index (χ3v) is 6.32. The summed E-state index contributed by atoms with van der Waals surface area (Å²) in [6.45, 7) is 5.25. The zero-order valence-corrected chi connectivity index (χ0v) is 19.4. The van der Waals surface area contributed by atoms with Crippen LogP contribution in [0.3, 0.4) is 0 Å². The van der Waals surface area contributed by atoms with E-state index in [4.69, 9.17) is 0 Å². The van der Waals surface area contributed by atoms with Crippen molar-refractivity contribution in [2.75, 3.05) is 19.6 Å². The van der Waals surface area contributed by atoms with Gasteiger partial charge in [-0.05, 0) is 62.0 Å². The van der Waals surface area contributed by atoms with Crippen molar-refractivity contribution in [3.05, 3.63) is 107 Å².